The van der Waals surface area contributed by atoms with Gasteiger partial charge in [-0.3, -0.25) is 0 Å². The zero-order valence-corrected chi connectivity index (χ0v) is 9.18. The fraction of sp³-hybridized carbons (Fsp3) is 0.778. The SMILES string of the molecule is CN(C)CCc1noc([C@@H](O)CCN)n1. The van der Waals surface area contributed by atoms with E-state index in [4.69, 9.17) is 10.3 Å². The van der Waals surface area contributed by atoms with Gasteiger partial charge in [0.2, 0.25) is 0 Å². The van der Waals surface area contributed by atoms with Crippen molar-refractivity contribution in [3.05, 3.63) is 11.7 Å². The third-order valence-corrected chi connectivity index (χ3v) is 1.99. The van der Waals surface area contributed by atoms with Gasteiger partial charge in [0.1, 0.15) is 6.10 Å². The highest BCUT2D eigenvalue weighted by atomic mass is 16.5. The first-order valence-corrected chi connectivity index (χ1v) is 4.99. The van der Waals surface area contributed by atoms with E-state index in [9.17, 15) is 5.11 Å². The Labute approximate surface area is 89.1 Å². The molecule has 3 N–H and O–H groups in total. The topological polar surface area (TPSA) is 88.4 Å². The third-order valence-electron chi connectivity index (χ3n) is 1.99. The van der Waals surface area contributed by atoms with Crippen LogP contribution < -0.4 is 5.73 Å². The molecule has 0 unspecified atom stereocenters. The summed E-state index contributed by atoms with van der Waals surface area (Å²) in [5, 5.41) is 13.3. The molecule has 86 valence electrons. The molecule has 0 saturated carbocycles. The minimum absolute atomic E-state index is 0.259. The quantitative estimate of drug-likeness (QED) is 0.667. The Morgan fingerprint density at radius 1 is 1.53 bits per heavy atom. The number of aliphatic hydroxyl groups is 1. The van der Waals surface area contributed by atoms with Crippen molar-refractivity contribution in [2.45, 2.75) is 18.9 Å². The molecule has 0 radical (unpaired) electrons. The van der Waals surface area contributed by atoms with Gasteiger partial charge in [-0.05, 0) is 27.1 Å². The van der Waals surface area contributed by atoms with Crippen LogP contribution in [0.3, 0.4) is 0 Å². The molecule has 0 aliphatic heterocycles. The monoisotopic (exact) mass is 214 g/mol. The maximum absolute atomic E-state index is 9.52. The van der Waals surface area contributed by atoms with Crippen LogP contribution in [0.4, 0.5) is 0 Å². The predicted molar refractivity (Wildman–Crippen MR) is 55.2 cm³/mol. The maximum atomic E-state index is 9.52. The third kappa shape index (κ3) is 3.94. The van der Waals surface area contributed by atoms with E-state index in [2.05, 4.69) is 10.1 Å². The van der Waals surface area contributed by atoms with E-state index in [0.717, 1.165) is 6.54 Å². The van der Waals surface area contributed by atoms with E-state index >= 15 is 0 Å². The molecule has 0 bridgehead atoms. The minimum atomic E-state index is -0.740. The van der Waals surface area contributed by atoms with E-state index in [1.807, 2.05) is 19.0 Å². The Kier molecular flexibility index (Phi) is 4.67. The van der Waals surface area contributed by atoms with Crippen molar-refractivity contribution >= 4 is 0 Å². The van der Waals surface area contributed by atoms with Gasteiger partial charge in [0, 0.05) is 13.0 Å². The Morgan fingerprint density at radius 2 is 2.27 bits per heavy atom. The first-order valence-electron chi connectivity index (χ1n) is 4.99. The summed E-state index contributed by atoms with van der Waals surface area (Å²) < 4.78 is 4.93. The van der Waals surface area contributed by atoms with Crippen LogP contribution in [0.25, 0.3) is 0 Å². The van der Waals surface area contributed by atoms with E-state index in [-0.39, 0.29) is 5.89 Å². The second-order valence-electron chi connectivity index (χ2n) is 3.70. The van der Waals surface area contributed by atoms with Crippen LogP contribution in [-0.2, 0) is 6.42 Å². The Bertz CT molecular complexity index is 287. The molecule has 0 fully saturated rings. The van der Waals surface area contributed by atoms with Crippen LogP contribution >= 0.6 is 0 Å². The highest BCUT2D eigenvalue weighted by Crippen LogP contribution is 2.13. The molecule has 0 aliphatic carbocycles. The minimum Gasteiger partial charge on any atom is -0.383 e. The molecule has 0 spiro atoms. The molecule has 1 aromatic heterocycles. The average Bonchev–Trinajstić information content (AvgIpc) is 2.63. The normalized spacial score (nSPS) is 13.4. The molecule has 0 saturated heterocycles. The van der Waals surface area contributed by atoms with E-state index in [1.165, 1.54) is 0 Å². The summed E-state index contributed by atoms with van der Waals surface area (Å²) in [5.41, 5.74) is 5.32. The van der Waals surface area contributed by atoms with Crippen LogP contribution in [0, 0.1) is 0 Å². The van der Waals surface area contributed by atoms with Crippen molar-refractivity contribution < 1.29 is 9.63 Å². The summed E-state index contributed by atoms with van der Waals surface area (Å²) >= 11 is 0. The van der Waals surface area contributed by atoms with Crippen molar-refractivity contribution in [2.75, 3.05) is 27.2 Å². The Balaban J connectivity index is 2.48. The molecule has 0 amide bonds. The standard InChI is InChI=1S/C9H18N4O2/c1-13(2)6-4-8-11-9(15-12-8)7(14)3-5-10/h7,14H,3-6,10H2,1-2H3/t7-/m0/s1. The van der Waals surface area contributed by atoms with Gasteiger partial charge < -0.3 is 20.3 Å². The molecule has 0 aliphatic rings. The zero-order valence-electron chi connectivity index (χ0n) is 9.18. The molecule has 1 atom stereocenters. The van der Waals surface area contributed by atoms with Crippen LogP contribution in [0.5, 0.6) is 0 Å². The fourth-order valence-corrected chi connectivity index (χ4v) is 1.11. The lowest BCUT2D eigenvalue weighted by molar-refractivity contribution is 0.127. The molecule has 1 heterocycles. The fourth-order valence-electron chi connectivity index (χ4n) is 1.11. The predicted octanol–water partition coefficient (Wildman–Crippen LogP) is -0.444. The molecule has 0 aromatic carbocycles. The van der Waals surface area contributed by atoms with E-state index in [1.54, 1.807) is 0 Å². The maximum Gasteiger partial charge on any atom is 0.255 e. The van der Waals surface area contributed by atoms with Gasteiger partial charge in [-0.15, -0.1) is 0 Å². The number of likely N-dealkylation sites (N-methyl/N-ethyl adjacent to an activating group) is 1. The smallest absolute Gasteiger partial charge is 0.255 e. The number of hydrogen-bond acceptors (Lipinski definition) is 6. The van der Waals surface area contributed by atoms with Crippen molar-refractivity contribution in [1.82, 2.24) is 15.0 Å². The van der Waals surface area contributed by atoms with Gasteiger partial charge in [-0.2, -0.15) is 4.98 Å². The lowest BCUT2D eigenvalue weighted by atomic mass is 10.2. The van der Waals surface area contributed by atoms with Gasteiger partial charge >= 0.3 is 0 Å². The highest BCUT2D eigenvalue weighted by Gasteiger charge is 2.14. The second-order valence-corrected chi connectivity index (χ2v) is 3.70. The zero-order chi connectivity index (χ0) is 11.3. The Hall–Kier alpha value is -0.980. The molecule has 6 nitrogen and oxygen atoms in total. The molecule has 1 aromatic rings. The number of aromatic nitrogens is 2. The number of hydrogen-bond donors (Lipinski definition) is 2. The summed E-state index contributed by atoms with van der Waals surface area (Å²) in [4.78, 5) is 6.12. The number of rotatable bonds is 6. The van der Waals surface area contributed by atoms with E-state index < -0.39 is 6.10 Å². The molecular weight excluding hydrogens is 196 g/mol. The van der Waals surface area contributed by atoms with Crippen molar-refractivity contribution in [3.8, 4) is 0 Å². The first-order chi connectivity index (χ1) is 7.13. The van der Waals surface area contributed by atoms with Crippen LogP contribution in [0.1, 0.15) is 24.2 Å². The highest BCUT2D eigenvalue weighted by molar-refractivity contribution is 4.90. The first kappa shape index (κ1) is 12.1. The Morgan fingerprint density at radius 3 is 2.87 bits per heavy atom. The summed E-state index contributed by atoms with van der Waals surface area (Å²) in [6, 6.07) is 0. The average molecular weight is 214 g/mol. The number of aliphatic hydroxyl groups excluding tert-OH is 1. The van der Waals surface area contributed by atoms with Crippen LogP contribution in [-0.4, -0.2) is 47.3 Å². The lowest BCUT2D eigenvalue weighted by Gasteiger charge is -2.05. The van der Waals surface area contributed by atoms with Gasteiger partial charge in [0.05, 0.1) is 0 Å². The molecular formula is C9H18N4O2. The van der Waals surface area contributed by atoms with Crippen molar-refractivity contribution in [1.29, 1.82) is 0 Å². The summed E-state index contributed by atoms with van der Waals surface area (Å²) in [7, 11) is 3.95. The summed E-state index contributed by atoms with van der Waals surface area (Å²) in [6.07, 6.45) is 0.414. The second kappa shape index (κ2) is 5.79. The number of nitrogens with two attached hydrogens (primary N) is 1. The van der Waals surface area contributed by atoms with E-state index in [0.29, 0.717) is 25.2 Å². The van der Waals surface area contributed by atoms with Crippen molar-refractivity contribution in [2.24, 2.45) is 5.73 Å². The van der Waals surface area contributed by atoms with Gasteiger partial charge in [0.25, 0.3) is 5.89 Å². The van der Waals surface area contributed by atoms with Crippen LogP contribution in [0.2, 0.25) is 0 Å². The molecule has 6 heteroatoms. The summed E-state index contributed by atoms with van der Waals surface area (Å²) in [6.45, 7) is 1.25. The van der Waals surface area contributed by atoms with Gasteiger partial charge in [0.15, 0.2) is 5.82 Å². The number of nitrogens with zero attached hydrogens (tertiary/aromatic N) is 3. The summed E-state index contributed by atoms with van der Waals surface area (Å²) in [5.74, 6) is 0.879. The largest absolute Gasteiger partial charge is 0.383 e. The van der Waals surface area contributed by atoms with Gasteiger partial charge in [-0.1, -0.05) is 5.16 Å². The lowest BCUT2D eigenvalue weighted by Crippen LogP contribution is -2.15. The van der Waals surface area contributed by atoms with Crippen LogP contribution in [0.15, 0.2) is 4.52 Å². The molecule has 15 heavy (non-hydrogen) atoms. The van der Waals surface area contributed by atoms with Gasteiger partial charge in [-0.25, -0.2) is 0 Å². The molecule has 1 rings (SSSR count). The van der Waals surface area contributed by atoms with Crippen molar-refractivity contribution in [3.63, 3.8) is 0 Å².